The Labute approximate surface area is 173 Å². The molecule has 0 bridgehead atoms. The van der Waals surface area contributed by atoms with Gasteiger partial charge in [0, 0.05) is 23.6 Å². The predicted octanol–water partition coefficient (Wildman–Crippen LogP) is 3.59. The van der Waals surface area contributed by atoms with Crippen LogP contribution in [0.4, 0.5) is 5.82 Å². The van der Waals surface area contributed by atoms with Crippen molar-refractivity contribution < 1.29 is 9.47 Å². The molecule has 8 nitrogen and oxygen atoms in total. The van der Waals surface area contributed by atoms with Crippen LogP contribution in [0.5, 0.6) is 0 Å². The molecule has 2 aliphatic heterocycles. The molecule has 3 heterocycles. The maximum atomic E-state index is 6.50. The molecule has 0 radical (unpaired) electrons. The first-order chi connectivity index (χ1) is 13.6. The van der Waals surface area contributed by atoms with E-state index in [1.54, 1.807) is 18.6 Å². The van der Waals surface area contributed by atoms with Gasteiger partial charge >= 0.3 is 0 Å². The molecule has 2 aromatic rings. The van der Waals surface area contributed by atoms with E-state index >= 15 is 0 Å². The van der Waals surface area contributed by atoms with E-state index in [1.165, 1.54) is 0 Å². The largest absolute Gasteiger partial charge is 0.343 e. The van der Waals surface area contributed by atoms with E-state index in [9.17, 15) is 0 Å². The van der Waals surface area contributed by atoms with Crippen molar-refractivity contribution in [1.82, 2.24) is 20.4 Å². The topological polar surface area (TPSA) is 78.9 Å². The second-order valence-corrected chi connectivity index (χ2v) is 7.71. The summed E-state index contributed by atoms with van der Waals surface area (Å²) in [6.07, 6.45) is 5.99. The maximum Gasteiger partial charge on any atom is 0.198 e. The fourth-order valence-electron chi connectivity index (χ4n) is 3.49. The number of aromatic amines is 1. The van der Waals surface area contributed by atoms with Gasteiger partial charge in [0.2, 0.25) is 0 Å². The molecule has 2 atom stereocenters. The maximum absolute atomic E-state index is 6.50. The molecule has 0 amide bonds. The van der Waals surface area contributed by atoms with Gasteiger partial charge in [0.05, 0.1) is 23.9 Å². The van der Waals surface area contributed by atoms with Crippen LogP contribution < -0.4 is 4.90 Å². The summed E-state index contributed by atoms with van der Waals surface area (Å²) in [5.41, 5.74) is 0.800. The third-order valence-electron chi connectivity index (χ3n) is 4.88. The molecular formula is C18H22Cl2N6O2. The van der Waals surface area contributed by atoms with Gasteiger partial charge in [-0.15, -0.1) is 5.10 Å². The monoisotopic (exact) mass is 424 g/mol. The van der Waals surface area contributed by atoms with Gasteiger partial charge in [0.1, 0.15) is 13.0 Å². The molecule has 0 saturated carbocycles. The third-order valence-corrected chi connectivity index (χ3v) is 5.42. The zero-order valence-electron chi connectivity index (χ0n) is 15.5. The van der Waals surface area contributed by atoms with Gasteiger partial charge in [-0.2, -0.15) is 15.4 Å². The lowest BCUT2D eigenvalue weighted by Crippen LogP contribution is -2.35. The first kappa shape index (κ1) is 19.4. The van der Waals surface area contributed by atoms with Gasteiger partial charge in [0.25, 0.3) is 0 Å². The Morgan fingerprint density at radius 2 is 2.25 bits per heavy atom. The summed E-state index contributed by atoms with van der Waals surface area (Å²) < 4.78 is 12.6. The number of hydrogen-bond acceptors (Lipinski definition) is 7. The molecule has 1 saturated heterocycles. The van der Waals surface area contributed by atoms with E-state index in [4.69, 9.17) is 32.7 Å². The number of anilines is 1. The highest BCUT2D eigenvalue weighted by atomic mass is 35.5. The molecular weight excluding hydrogens is 403 g/mol. The lowest BCUT2D eigenvalue weighted by Gasteiger charge is -2.31. The van der Waals surface area contributed by atoms with Crippen molar-refractivity contribution in [3.8, 4) is 0 Å². The van der Waals surface area contributed by atoms with Crippen molar-refractivity contribution in [3.05, 3.63) is 40.0 Å². The zero-order chi connectivity index (χ0) is 19.6. The van der Waals surface area contributed by atoms with Gasteiger partial charge in [-0.1, -0.05) is 42.6 Å². The van der Waals surface area contributed by atoms with Gasteiger partial charge in [0.15, 0.2) is 11.6 Å². The number of nitrogens with one attached hydrogen (secondary N) is 1. The second-order valence-electron chi connectivity index (χ2n) is 6.87. The number of ether oxygens (including phenoxy) is 2. The molecule has 4 rings (SSSR count). The van der Waals surface area contributed by atoms with E-state index in [0.717, 1.165) is 24.2 Å². The van der Waals surface area contributed by atoms with Crippen molar-refractivity contribution in [3.63, 3.8) is 0 Å². The van der Waals surface area contributed by atoms with Crippen LogP contribution in [0.15, 0.2) is 29.5 Å². The van der Waals surface area contributed by atoms with Gasteiger partial charge in [-0.05, 0) is 18.6 Å². The fraction of sp³-hybridized carbons (Fsp3) is 0.500. The van der Waals surface area contributed by atoms with Crippen LogP contribution in [0.3, 0.4) is 0 Å². The Morgan fingerprint density at radius 3 is 3.00 bits per heavy atom. The molecule has 28 heavy (non-hydrogen) atoms. The van der Waals surface area contributed by atoms with Crippen molar-refractivity contribution >= 4 is 35.4 Å². The number of hydrazone groups is 1. The fourth-order valence-corrected chi connectivity index (χ4v) is 4.04. The first-order valence-corrected chi connectivity index (χ1v) is 10.0. The van der Waals surface area contributed by atoms with Crippen molar-refractivity contribution in [2.75, 3.05) is 24.7 Å². The smallest absolute Gasteiger partial charge is 0.198 e. The predicted molar refractivity (Wildman–Crippen MR) is 107 cm³/mol. The Kier molecular flexibility index (Phi) is 5.73. The number of hydrogen-bond donors (Lipinski definition) is 1. The lowest BCUT2D eigenvalue weighted by atomic mass is 10.0. The molecule has 1 N–H and O–H groups in total. The summed E-state index contributed by atoms with van der Waals surface area (Å²) >= 11 is 12.6. The highest BCUT2D eigenvalue weighted by molar-refractivity contribution is 6.35. The van der Waals surface area contributed by atoms with E-state index in [1.807, 2.05) is 22.0 Å². The number of nitrogens with zero attached hydrogens (tertiary/aromatic N) is 5. The van der Waals surface area contributed by atoms with Crippen molar-refractivity contribution in [1.29, 1.82) is 0 Å². The van der Waals surface area contributed by atoms with Crippen LogP contribution in [0.2, 0.25) is 10.0 Å². The van der Waals surface area contributed by atoms with E-state index in [0.29, 0.717) is 36.3 Å². The van der Waals surface area contributed by atoms with Crippen LogP contribution in [0.25, 0.3) is 0 Å². The van der Waals surface area contributed by atoms with Crippen molar-refractivity contribution in [2.24, 2.45) is 5.10 Å². The third kappa shape index (κ3) is 3.96. The minimum atomic E-state index is -0.904. The molecule has 0 aliphatic carbocycles. The average Bonchev–Trinajstić information content (AvgIpc) is 3.41. The van der Waals surface area contributed by atoms with Crippen LogP contribution in [-0.4, -0.2) is 52.7 Å². The lowest BCUT2D eigenvalue weighted by molar-refractivity contribution is -0.184. The Morgan fingerprint density at radius 1 is 1.36 bits per heavy atom. The standard InChI is InChI=1S/C18H22Cl2N6O2/c1-2-3-14-10-27-18(28-14,15-5-4-13(19)8-16(15)20)6-7-26-12-25(11-22-26)17-9-21-24-23-17/h4-5,8-9,11,14H,2-3,6-7,10,12H2,1H3,(H,21,23,24). The number of H-pyrrole nitrogens is 1. The molecule has 2 unspecified atom stereocenters. The molecule has 0 spiro atoms. The number of rotatable bonds is 7. The van der Waals surface area contributed by atoms with Crippen LogP contribution in [-0.2, 0) is 15.3 Å². The van der Waals surface area contributed by atoms with Crippen LogP contribution >= 0.6 is 23.2 Å². The van der Waals surface area contributed by atoms with Crippen LogP contribution in [0, 0.1) is 0 Å². The van der Waals surface area contributed by atoms with E-state index in [-0.39, 0.29) is 6.10 Å². The Hall–Kier alpha value is -1.87. The molecule has 10 heteroatoms. The molecule has 2 aliphatic rings. The minimum absolute atomic E-state index is 0.0467. The molecule has 1 fully saturated rings. The number of halogens is 2. The van der Waals surface area contributed by atoms with Gasteiger partial charge < -0.3 is 9.47 Å². The minimum Gasteiger partial charge on any atom is -0.343 e. The van der Waals surface area contributed by atoms with Gasteiger partial charge in [-0.25, -0.2) is 0 Å². The summed E-state index contributed by atoms with van der Waals surface area (Å²) in [6.45, 7) is 3.88. The Balaban J connectivity index is 1.48. The first-order valence-electron chi connectivity index (χ1n) is 9.28. The number of benzene rings is 1. The Bertz CT molecular complexity index is 833. The number of aromatic nitrogens is 3. The average molecular weight is 425 g/mol. The SMILES string of the molecule is CCCC1COC(CCN2CN(c3cn[nH]n3)C=N2)(c2ccc(Cl)cc2Cl)O1. The van der Waals surface area contributed by atoms with E-state index < -0.39 is 5.79 Å². The summed E-state index contributed by atoms with van der Waals surface area (Å²) in [4.78, 5) is 1.90. The summed E-state index contributed by atoms with van der Waals surface area (Å²) in [6, 6.07) is 5.42. The van der Waals surface area contributed by atoms with E-state index in [2.05, 4.69) is 27.4 Å². The highest BCUT2D eigenvalue weighted by Crippen LogP contribution is 2.42. The summed E-state index contributed by atoms with van der Waals surface area (Å²) in [5, 5.41) is 18.0. The summed E-state index contributed by atoms with van der Waals surface area (Å²) in [7, 11) is 0. The quantitative estimate of drug-likeness (QED) is 0.731. The molecule has 150 valence electrons. The second kappa shape index (κ2) is 8.24. The van der Waals surface area contributed by atoms with Crippen molar-refractivity contribution in [2.45, 2.75) is 38.1 Å². The molecule has 1 aromatic carbocycles. The van der Waals surface area contributed by atoms with Gasteiger partial charge in [-0.3, -0.25) is 9.91 Å². The molecule has 1 aromatic heterocycles. The normalized spacial score (nSPS) is 24.5. The highest BCUT2D eigenvalue weighted by Gasteiger charge is 2.44. The zero-order valence-corrected chi connectivity index (χ0v) is 17.0. The summed E-state index contributed by atoms with van der Waals surface area (Å²) in [5.74, 6) is -0.184. The van der Waals surface area contributed by atoms with Crippen LogP contribution in [0.1, 0.15) is 31.7 Å².